The minimum atomic E-state index is -0.0961. The molecule has 0 bridgehead atoms. The van der Waals surface area contributed by atoms with E-state index in [2.05, 4.69) is 15.1 Å². The van der Waals surface area contributed by atoms with E-state index in [0.29, 0.717) is 24.7 Å². The lowest BCUT2D eigenvalue weighted by molar-refractivity contribution is -0.117. The fraction of sp³-hybridized carbons (Fsp3) is 0.182. The molecule has 0 saturated carbocycles. The summed E-state index contributed by atoms with van der Waals surface area (Å²) in [6.45, 7) is 2.54. The molecular formula is C22H18N4O2S. The van der Waals surface area contributed by atoms with Crippen molar-refractivity contribution in [2.45, 2.75) is 19.3 Å². The zero-order valence-electron chi connectivity index (χ0n) is 15.8. The van der Waals surface area contributed by atoms with Crippen LogP contribution >= 0.6 is 11.3 Å². The summed E-state index contributed by atoms with van der Waals surface area (Å²) in [4.78, 5) is 23.3. The Bertz CT molecular complexity index is 1150. The van der Waals surface area contributed by atoms with Crippen LogP contribution in [0.1, 0.15) is 23.2 Å². The summed E-state index contributed by atoms with van der Waals surface area (Å²) >= 11 is 1.63. The third-order valence-corrected chi connectivity index (χ3v) is 5.82. The first-order valence-electron chi connectivity index (χ1n) is 9.39. The van der Waals surface area contributed by atoms with Crippen LogP contribution in [0.4, 0.5) is 5.69 Å². The zero-order chi connectivity index (χ0) is 19.8. The Balaban J connectivity index is 1.34. The van der Waals surface area contributed by atoms with Gasteiger partial charge in [0.05, 0.1) is 16.6 Å². The minimum absolute atomic E-state index is 0.0730. The van der Waals surface area contributed by atoms with Crippen molar-refractivity contribution in [2.75, 3.05) is 11.4 Å². The molecule has 0 aliphatic carbocycles. The van der Waals surface area contributed by atoms with E-state index < -0.39 is 0 Å². The van der Waals surface area contributed by atoms with E-state index in [1.165, 1.54) is 0 Å². The van der Waals surface area contributed by atoms with Crippen molar-refractivity contribution in [3.05, 3.63) is 70.9 Å². The summed E-state index contributed by atoms with van der Waals surface area (Å²) in [6, 6.07) is 17.6. The summed E-state index contributed by atoms with van der Waals surface area (Å²) in [5.74, 6) is 1.02. The smallest absolute Gasteiger partial charge is 0.232 e. The van der Waals surface area contributed by atoms with Gasteiger partial charge in [-0.3, -0.25) is 4.79 Å². The lowest BCUT2D eigenvalue weighted by atomic mass is 10.1. The van der Waals surface area contributed by atoms with Crippen LogP contribution in [-0.4, -0.2) is 27.6 Å². The Morgan fingerprint density at radius 2 is 1.79 bits per heavy atom. The van der Waals surface area contributed by atoms with Gasteiger partial charge in [0.1, 0.15) is 0 Å². The summed E-state index contributed by atoms with van der Waals surface area (Å²) < 4.78 is 5.50. The first-order valence-corrected chi connectivity index (χ1v) is 10.3. The molecule has 1 aliphatic rings. The van der Waals surface area contributed by atoms with E-state index in [9.17, 15) is 4.79 Å². The Labute approximate surface area is 171 Å². The van der Waals surface area contributed by atoms with Crippen LogP contribution in [0.25, 0.3) is 22.6 Å². The Kier molecular flexibility index (Phi) is 4.44. The first-order chi connectivity index (χ1) is 14.2. The molecule has 5 rings (SSSR count). The van der Waals surface area contributed by atoms with Gasteiger partial charge in [0.25, 0.3) is 0 Å². The number of hydrogen-bond donors (Lipinski definition) is 0. The second kappa shape index (κ2) is 7.25. The number of carbonyl (C=O) groups excluding carboxylic acids is 1. The molecular weight excluding hydrogens is 384 g/mol. The summed E-state index contributed by atoms with van der Waals surface area (Å²) in [6.07, 6.45) is 0.374. The van der Waals surface area contributed by atoms with Gasteiger partial charge >= 0.3 is 0 Å². The number of para-hydroxylation sites is 1. The first kappa shape index (κ1) is 17.8. The molecule has 6 nitrogen and oxygen atoms in total. The SMILES string of the molecule is Cc1nc(-c2ccc(-c3noc([C@H]4CC(=O)N(c5ccccc5)C4)n3)cc2)cs1. The standard InChI is InChI=1S/C22H18N4O2S/c1-14-23-19(13-29-14)15-7-9-16(10-8-15)21-24-22(28-25-21)17-11-20(27)26(12-17)18-5-3-2-4-6-18/h2-10,13,17H,11-12H2,1H3/t17-/m0/s1. The van der Waals surface area contributed by atoms with Crippen LogP contribution in [0.3, 0.4) is 0 Å². The molecule has 0 spiro atoms. The van der Waals surface area contributed by atoms with E-state index in [-0.39, 0.29) is 11.8 Å². The largest absolute Gasteiger partial charge is 0.339 e. The highest BCUT2D eigenvalue weighted by atomic mass is 32.1. The molecule has 0 unspecified atom stereocenters. The van der Waals surface area contributed by atoms with E-state index in [1.807, 2.05) is 66.9 Å². The average molecular weight is 402 g/mol. The number of anilines is 1. The lowest BCUT2D eigenvalue weighted by Gasteiger charge is -2.15. The Morgan fingerprint density at radius 1 is 1.03 bits per heavy atom. The molecule has 1 fully saturated rings. The van der Waals surface area contributed by atoms with Gasteiger partial charge in [-0.2, -0.15) is 4.98 Å². The maximum Gasteiger partial charge on any atom is 0.232 e. The number of thiazole rings is 1. The molecule has 29 heavy (non-hydrogen) atoms. The monoisotopic (exact) mass is 402 g/mol. The molecule has 3 heterocycles. The van der Waals surface area contributed by atoms with E-state index in [0.717, 1.165) is 27.5 Å². The minimum Gasteiger partial charge on any atom is -0.339 e. The third kappa shape index (κ3) is 3.45. The average Bonchev–Trinajstić information content (AvgIpc) is 3.48. The second-order valence-corrected chi connectivity index (χ2v) is 8.09. The van der Waals surface area contributed by atoms with Crippen molar-refractivity contribution in [3.63, 3.8) is 0 Å². The second-order valence-electron chi connectivity index (χ2n) is 7.03. The topological polar surface area (TPSA) is 72.1 Å². The van der Waals surface area contributed by atoms with Gasteiger partial charge < -0.3 is 9.42 Å². The highest BCUT2D eigenvalue weighted by molar-refractivity contribution is 7.09. The van der Waals surface area contributed by atoms with E-state index in [4.69, 9.17) is 4.52 Å². The normalized spacial score (nSPS) is 16.5. The number of aryl methyl sites for hydroxylation is 1. The van der Waals surface area contributed by atoms with Gasteiger partial charge in [0, 0.05) is 35.2 Å². The van der Waals surface area contributed by atoms with Crippen molar-refractivity contribution in [2.24, 2.45) is 0 Å². The van der Waals surface area contributed by atoms with Crippen LogP contribution in [-0.2, 0) is 4.79 Å². The molecule has 4 aromatic rings. The van der Waals surface area contributed by atoms with Crippen LogP contribution in [0.2, 0.25) is 0 Å². The van der Waals surface area contributed by atoms with E-state index in [1.54, 1.807) is 16.2 Å². The van der Waals surface area contributed by atoms with Gasteiger partial charge in [-0.15, -0.1) is 11.3 Å². The molecule has 7 heteroatoms. The summed E-state index contributed by atoms with van der Waals surface area (Å²) in [5.41, 5.74) is 3.80. The van der Waals surface area contributed by atoms with Crippen molar-refractivity contribution >= 4 is 22.9 Å². The third-order valence-electron chi connectivity index (χ3n) is 5.04. The van der Waals surface area contributed by atoms with Crippen molar-refractivity contribution in [1.82, 2.24) is 15.1 Å². The fourth-order valence-electron chi connectivity index (χ4n) is 3.53. The number of aromatic nitrogens is 3. The number of amides is 1. The predicted octanol–water partition coefficient (Wildman–Crippen LogP) is 4.69. The number of carbonyl (C=O) groups is 1. The van der Waals surface area contributed by atoms with Crippen LogP contribution < -0.4 is 4.90 Å². The molecule has 2 aromatic carbocycles. The van der Waals surface area contributed by atoms with Gasteiger partial charge in [0.2, 0.25) is 17.6 Å². The molecule has 1 atom stereocenters. The van der Waals surface area contributed by atoms with Crippen molar-refractivity contribution < 1.29 is 9.32 Å². The maximum atomic E-state index is 12.4. The Morgan fingerprint density at radius 3 is 2.52 bits per heavy atom. The maximum absolute atomic E-state index is 12.4. The molecule has 0 N–H and O–H groups in total. The van der Waals surface area contributed by atoms with Gasteiger partial charge in [-0.1, -0.05) is 47.6 Å². The molecule has 2 aromatic heterocycles. The highest BCUT2D eigenvalue weighted by Gasteiger charge is 2.35. The van der Waals surface area contributed by atoms with Gasteiger partial charge in [-0.05, 0) is 19.1 Å². The van der Waals surface area contributed by atoms with Crippen molar-refractivity contribution in [3.8, 4) is 22.6 Å². The number of nitrogens with zero attached hydrogens (tertiary/aromatic N) is 4. The number of benzene rings is 2. The van der Waals surface area contributed by atoms with Gasteiger partial charge in [-0.25, -0.2) is 4.98 Å². The summed E-state index contributed by atoms with van der Waals surface area (Å²) in [5, 5.41) is 7.22. The lowest BCUT2D eigenvalue weighted by Crippen LogP contribution is -2.24. The summed E-state index contributed by atoms with van der Waals surface area (Å²) in [7, 11) is 0. The molecule has 1 amide bonds. The van der Waals surface area contributed by atoms with Crippen LogP contribution in [0, 0.1) is 6.92 Å². The van der Waals surface area contributed by atoms with Crippen LogP contribution in [0.5, 0.6) is 0 Å². The Hall–Kier alpha value is -3.32. The van der Waals surface area contributed by atoms with Crippen LogP contribution in [0.15, 0.2) is 64.5 Å². The van der Waals surface area contributed by atoms with E-state index >= 15 is 0 Å². The van der Waals surface area contributed by atoms with Crippen molar-refractivity contribution in [1.29, 1.82) is 0 Å². The number of rotatable bonds is 4. The number of hydrogen-bond acceptors (Lipinski definition) is 6. The van der Waals surface area contributed by atoms with Gasteiger partial charge in [0.15, 0.2) is 0 Å². The quantitative estimate of drug-likeness (QED) is 0.495. The molecule has 1 saturated heterocycles. The predicted molar refractivity (Wildman–Crippen MR) is 112 cm³/mol. The fourth-order valence-corrected chi connectivity index (χ4v) is 4.16. The zero-order valence-corrected chi connectivity index (χ0v) is 16.6. The molecule has 1 aliphatic heterocycles. The highest BCUT2D eigenvalue weighted by Crippen LogP contribution is 2.32. The molecule has 144 valence electrons. The molecule has 0 radical (unpaired) electrons.